The standard InChI is InChI=1S/C7H13NO.C5H9NO.C4H6N2/c1-8-6-4-2-3-5-7(8)9;1-6-4-2-3-5(6)7;1-6-3-2-5-4-6/h2-6H2,1H3;2-4H2,1H3;2-4H,1H3. The van der Waals surface area contributed by atoms with Crippen molar-refractivity contribution in [3.8, 4) is 0 Å². The molecule has 0 spiro atoms. The lowest BCUT2D eigenvalue weighted by molar-refractivity contribution is -0.129. The van der Waals surface area contributed by atoms with Crippen LogP contribution in [-0.4, -0.2) is 58.4 Å². The molecule has 3 heterocycles. The Labute approximate surface area is 133 Å². The zero-order chi connectivity index (χ0) is 16.4. The minimum atomic E-state index is 0.292. The monoisotopic (exact) mass is 308 g/mol. The summed E-state index contributed by atoms with van der Waals surface area (Å²) >= 11 is 0. The number of aromatic nitrogens is 2. The molecule has 2 aliphatic rings. The summed E-state index contributed by atoms with van der Waals surface area (Å²) in [7, 11) is 5.66. The van der Waals surface area contributed by atoms with Crippen molar-refractivity contribution in [2.75, 3.05) is 27.2 Å². The Kier molecular flexibility index (Phi) is 8.25. The number of likely N-dealkylation sites (tertiary alicyclic amines) is 2. The number of amides is 2. The van der Waals surface area contributed by atoms with Crippen LogP contribution in [0.2, 0.25) is 0 Å². The SMILES string of the molecule is CN1CCCC1=O.CN1CCCCCC1=O.Cn1ccnc1. The van der Waals surface area contributed by atoms with Gasteiger partial charge < -0.3 is 14.4 Å². The van der Waals surface area contributed by atoms with Gasteiger partial charge in [-0.3, -0.25) is 9.59 Å². The van der Waals surface area contributed by atoms with Crippen molar-refractivity contribution >= 4 is 11.8 Å². The highest BCUT2D eigenvalue weighted by molar-refractivity contribution is 5.77. The maximum absolute atomic E-state index is 10.9. The summed E-state index contributed by atoms with van der Waals surface area (Å²) in [5.41, 5.74) is 0. The molecule has 3 rings (SSSR count). The van der Waals surface area contributed by atoms with Gasteiger partial charge in [0.15, 0.2) is 0 Å². The van der Waals surface area contributed by atoms with E-state index < -0.39 is 0 Å². The van der Waals surface area contributed by atoms with Crippen molar-refractivity contribution in [2.45, 2.75) is 38.5 Å². The fraction of sp³-hybridized carbons (Fsp3) is 0.688. The number of hydrogen-bond donors (Lipinski definition) is 0. The highest BCUT2D eigenvalue weighted by Crippen LogP contribution is 2.08. The third kappa shape index (κ3) is 7.24. The first-order chi connectivity index (χ1) is 10.5. The van der Waals surface area contributed by atoms with E-state index in [-0.39, 0.29) is 0 Å². The van der Waals surface area contributed by atoms with Crippen LogP contribution in [0.5, 0.6) is 0 Å². The van der Waals surface area contributed by atoms with Crippen LogP contribution in [-0.2, 0) is 16.6 Å². The minimum Gasteiger partial charge on any atom is -0.346 e. The van der Waals surface area contributed by atoms with Crippen LogP contribution in [0.4, 0.5) is 0 Å². The number of aryl methyl sites for hydroxylation is 1. The van der Waals surface area contributed by atoms with Crippen molar-refractivity contribution in [3.05, 3.63) is 18.7 Å². The predicted octanol–water partition coefficient (Wildman–Crippen LogP) is 1.68. The number of rotatable bonds is 0. The maximum atomic E-state index is 10.9. The highest BCUT2D eigenvalue weighted by atomic mass is 16.2. The largest absolute Gasteiger partial charge is 0.346 e. The Hall–Kier alpha value is -1.85. The second-order valence-electron chi connectivity index (χ2n) is 5.77. The molecule has 22 heavy (non-hydrogen) atoms. The van der Waals surface area contributed by atoms with Gasteiger partial charge in [0.25, 0.3) is 0 Å². The van der Waals surface area contributed by atoms with Crippen LogP contribution in [0.3, 0.4) is 0 Å². The molecule has 124 valence electrons. The van der Waals surface area contributed by atoms with Crippen molar-refractivity contribution in [2.24, 2.45) is 7.05 Å². The van der Waals surface area contributed by atoms with E-state index in [2.05, 4.69) is 4.98 Å². The Bertz CT molecular complexity index is 445. The first-order valence-corrected chi connectivity index (χ1v) is 7.90. The summed E-state index contributed by atoms with van der Waals surface area (Å²) in [6.07, 6.45) is 11.4. The molecule has 2 aliphatic heterocycles. The van der Waals surface area contributed by atoms with Gasteiger partial charge in [-0.1, -0.05) is 6.42 Å². The second-order valence-corrected chi connectivity index (χ2v) is 5.77. The average Bonchev–Trinajstić information content (AvgIpc) is 3.07. The van der Waals surface area contributed by atoms with Gasteiger partial charge in [0.2, 0.25) is 11.8 Å². The van der Waals surface area contributed by atoms with Gasteiger partial charge in [-0.25, -0.2) is 4.98 Å². The van der Waals surface area contributed by atoms with Crippen LogP contribution >= 0.6 is 0 Å². The van der Waals surface area contributed by atoms with E-state index in [1.165, 1.54) is 12.8 Å². The fourth-order valence-electron chi connectivity index (χ4n) is 2.23. The minimum absolute atomic E-state index is 0.292. The van der Waals surface area contributed by atoms with E-state index >= 15 is 0 Å². The molecule has 0 bridgehead atoms. The lowest BCUT2D eigenvalue weighted by Gasteiger charge is -2.11. The Morgan fingerprint density at radius 2 is 1.45 bits per heavy atom. The summed E-state index contributed by atoms with van der Waals surface area (Å²) in [5, 5.41) is 0. The summed E-state index contributed by atoms with van der Waals surface area (Å²) in [4.78, 5) is 28.8. The molecular weight excluding hydrogens is 280 g/mol. The van der Waals surface area contributed by atoms with Gasteiger partial charge in [0, 0.05) is 59.5 Å². The van der Waals surface area contributed by atoms with Crippen LogP contribution in [0.1, 0.15) is 38.5 Å². The molecule has 0 radical (unpaired) electrons. The topological polar surface area (TPSA) is 58.4 Å². The molecule has 0 saturated carbocycles. The Balaban J connectivity index is 0.000000169. The normalized spacial score (nSPS) is 18.1. The quantitative estimate of drug-likeness (QED) is 0.732. The van der Waals surface area contributed by atoms with Gasteiger partial charge in [-0.05, 0) is 19.3 Å². The number of carbonyl (C=O) groups is 2. The maximum Gasteiger partial charge on any atom is 0.222 e. The van der Waals surface area contributed by atoms with Gasteiger partial charge >= 0.3 is 0 Å². The molecular formula is C16H28N4O2. The summed E-state index contributed by atoms with van der Waals surface area (Å²) in [6, 6.07) is 0. The van der Waals surface area contributed by atoms with E-state index in [1.54, 1.807) is 17.4 Å². The summed E-state index contributed by atoms with van der Waals surface area (Å²) in [5.74, 6) is 0.604. The highest BCUT2D eigenvalue weighted by Gasteiger charge is 2.14. The first kappa shape index (κ1) is 18.2. The zero-order valence-corrected chi connectivity index (χ0v) is 14.0. The van der Waals surface area contributed by atoms with Crippen LogP contribution in [0.15, 0.2) is 18.7 Å². The first-order valence-electron chi connectivity index (χ1n) is 7.90. The second kappa shape index (κ2) is 9.97. The van der Waals surface area contributed by atoms with Gasteiger partial charge in [-0.15, -0.1) is 0 Å². The molecule has 2 amide bonds. The Morgan fingerprint density at radius 1 is 0.864 bits per heavy atom. The van der Waals surface area contributed by atoms with E-state index in [4.69, 9.17) is 0 Å². The molecule has 1 aromatic rings. The predicted molar refractivity (Wildman–Crippen MR) is 86.2 cm³/mol. The number of hydrogen-bond acceptors (Lipinski definition) is 3. The van der Waals surface area contributed by atoms with Gasteiger partial charge in [0.05, 0.1) is 6.33 Å². The molecule has 0 unspecified atom stereocenters. The van der Waals surface area contributed by atoms with Crippen molar-refractivity contribution < 1.29 is 9.59 Å². The molecule has 0 atom stereocenters. The molecule has 0 aromatic carbocycles. The number of nitrogens with zero attached hydrogens (tertiary/aromatic N) is 4. The summed E-state index contributed by atoms with van der Waals surface area (Å²) < 4.78 is 1.89. The smallest absolute Gasteiger partial charge is 0.222 e. The number of imidazole rings is 1. The van der Waals surface area contributed by atoms with Crippen molar-refractivity contribution in [3.63, 3.8) is 0 Å². The molecule has 1 aromatic heterocycles. The van der Waals surface area contributed by atoms with Crippen molar-refractivity contribution in [1.82, 2.24) is 19.4 Å². The average molecular weight is 308 g/mol. The molecule has 6 heteroatoms. The lowest BCUT2D eigenvalue weighted by Crippen LogP contribution is -2.25. The number of carbonyl (C=O) groups excluding carboxylic acids is 2. The van der Waals surface area contributed by atoms with Gasteiger partial charge in [0.1, 0.15) is 0 Å². The lowest BCUT2D eigenvalue weighted by atomic mass is 10.2. The van der Waals surface area contributed by atoms with Crippen LogP contribution in [0.25, 0.3) is 0 Å². The van der Waals surface area contributed by atoms with E-state index in [9.17, 15) is 9.59 Å². The Morgan fingerprint density at radius 3 is 1.86 bits per heavy atom. The van der Waals surface area contributed by atoms with E-state index in [0.717, 1.165) is 38.8 Å². The van der Waals surface area contributed by atoms with Crippen LogP contribution in [0, 0.1) is 0 Å². The molecule has 6 nitrogen and oxygen atoms in total. The van der Waals surface area contributed by atoms with E-state index in [0.29, 0.717) is 11.8 Å². The van der Waals surface area contributed by atoms with E-state index in [1.807, 2.05) is 36.8 Å². The molecule has 0 N–H and O–H groups in total. The molecule has 0 aliphatic carbocycles. The third-order valence-electron chi connectivity index (χ3n) is 3.76. The van der Waals surface area contributed by atoms with Crippen LogP contribution < -0.4 is 0 Å². The zero-order valence-electron chi connectivity index (χ0n) is 14.0. The summed E-state index contributed by atoms with van der Waals surface area (Å²) in [6.45, 7) is 1.91. The third-order valence-corrected chi connectivity index (χ3v) is 3.76. The van der Waals surface area contributed by atoms with Gasteiger partial charge in [-0.2, -0.15) is 0 Å². The fourth-order valence-corrected chi connectivity index (χ4v) is 2.23. The molecule has 2 fully saturated rings. The van der Waals surface area contributed by atoms with Crippen molar-refractivity contribution in [1.29, 1.82) is 0 Å². The molecule has 2 saturated heterocycles.